The standard InChI is InChI=1S/C22H28N2O4S/c1-16-6-10-20(11-7-16)29(26,27)23-14-18-5-4-12-24(15-18)22(25)19-9-8-17(2)21(13-19)28-3/h6-11,13,18,23H,4-5,12,14-15H2,1-3H3. The Hall–Kier alpha value is -2.38. The van der Waals surface area contributed by atoms with E-state index in [1.165, 1.54) is 0 Å². The number of piperidine rings is 1. The van der Waals surface area contributed by atoms with Crippen LogP contribution in [0.3, 0.4) is 0 Å². The average molecular weight is 417 g/mol. The zero-order valence-electron chi connectivity index (χ0n) is 17.1. The van der Waals surface area contributed by atoms with E-state index in [9.17, 15) is 13.2 Å². The molecule has 0 aromatic heterocycles. The number of nitrogens with zero attached hydrogens (tertiary/aromatic N) is 1. The predicted molar refractivity (Wildman–Crippen MR) is 113 cm³/mol. The lowest BCUT2D eigenvalue weighted by atomic mass is 9.97. The van der Waals surface area contributed by atoms with Gasteiger partial charge in [-0.1, -0.05) is 23.8 Å². The molecule has 1 unspecified atom stereocenters. The fourth-order valence-corrected chi connectivity index (χ4v) is 4.70. The molecule has 7 heteroatoms. The third kappa shape index (κ3) is 5.16. The first-order chi connectivity index (χ1) is 13.8. The highest BCUT2D eigenvalue weighted by Crippen LogP contribution is 2.23. The van der Waals surface area contributed by atoms with Crippen LogP contribution >= 0.6 is 0 Å². The molecule has 1 fully saturated rings. The second-order valence-electron chi connectivity index (χ2n) is 7.61. The minimum absolute atomic E-state index is 0.0469. The summed E-state index contributed by atoms with van der Waals surface area (Å²) in [5.74, 6) is 0.727. The third-order valence-corrected chi connectivity index (χ3v) is 6.79. The maximum atomic E-state index is 12.9. The smallest absolute Gasteiger partial charge is 0.253 e. The van der Waals surface area contributed by atoms with Crippen LogP contribution in [-0.4, -0.2) is 46.0 Å². The zero-order chi connectivity index (χ0) is 21.0. The van der Waals surface area contributed by atoms with Gasteiger partial charge in [-0.05, 0) is 62.4 Å². The lowest BCUT2D eigenvalue weighted by Crippen LogP contribution is -2.43. The van der Waals surface area contributed by atoms with E-state index in [0.717, 1.165) is 24.0 Å². The minimum Gasteiger partial charge on any atom is -0.496 e. The van der Waals surface area contributed by atoms with E-state index in [0.29, 0.717) is 30.9 Å². The maximum absolute atomic E-state index is 12.9. The minimum atomic E-state index is -3.55. The molecule has 1 amide bonds. The monoisotopic (exact) mass is 416 g/mol. The van der Waals surface area contributed by atoms with Crippen LogP contribution in [0.1, 0.15) is 34.3 Å². The van der Waals surface area contributed by atoms with Crippen molar-refractivity contribution in [2.75, 3.05) is 26.7 Å². The molecule has 1 N–H and O–H groups in total. The summed E-state index contributed by atoms with van der Waals surface area (Å²) in [6.07, 6.45) is 1.74. The fourth-order valence-electron chi connectivity index (χ4n) is 3.58. The van der Waals surface area contributed by atoms with Crippen LogP contribution in [0.4, 0.5) is 0 Å². The molecule has 156 valence electrons. The molecule has 6 nitrogen and oxygen atoms in total. The number of ether oxygens (including phenoxy) is 1. The summed E-state index contributed by atoms with van der Waals surface area (Å²) in [5, 5.41) is 0. The maximum Gasteiger partial charge on any atom is 0.253 e. The van der Waals surface area contributed by atoms with E-state index in [1.807, 2.05) is 26.0 Å². The van der Waals surface area contributed by atoms with Crippen molar-refractivity contribution >= 4 is 15.9 Å². The second-order valence-corrected chi connectivity index (χ2v) is 9.38. The topological polar surface area (TPSA) is 75.7 Å². The van der Waals surface area contributed by atoms with Gasteiger partial charge in [-0.15, -0.1) is 0 Å². The molecule has 0 radical (unpaired) electrons. The summed E-state index contributed by atoms with van der Waals surface area (Å²) in [6.45, 7) is 5.38. The van der Waals surface area contributed by atoms with Gasteiger partial charge >= 0.3 is 0 Å². The number of amides is 1. The summed E-state index contributed by atoms with van der Waals surface area (Å²) in [7, 11) is -1.96. The van der Waals surface area contributed by atoms with E-state index in [1.54, 1.807) is 42.3 Å². The molecule has 1 aliphatic heterocycles. The van der Waals surface area contributed by atoms with Crippen LogP contribution in [0.25, 0.3) is 0 Å². The fraction of sp³-hybridized carbons (Fsp3) is 0.409. The van der Waals surface area contributed by atoms with Gasteiger partial charge < -0.3 is 9.64 Å². The highest BCUT2D eigenvalue weighted by molar-refractivity contribution is 7.89. The Kier molecular flexibility index (Phi) is 6.59. The van der Waals surface area contributed by atoms with Gasteiger partial charge in [0, 0.05) is 25.2 Å². The van der Waals surface area contributed by atoms with Gasteiger partial charge in [-0.25, -0.2) is 13.1 Å². The van der Waals surface area contributed by atoms with Crippen molar-refractivity contribution in [2.24, 2.45) is 5.92 Å². The first-order valence-electron chi connectivity index (χ1n) is 9.80. The molecule has 3 rings (SSSR count). The first kappa shape index (κ1) is 21.3. The van der Waals surface area contributed by atoms with Crippen molar-refractivity contribution in [3.63, 3.8) is 0 Å². The molecule has 1 aliphatic rings. The molecule has 1 saturated heterocycles. The number of benzene rings is 2. The van der Waals surface area contributed by atoms with Gasteiger partial charge in [0.05, 0.1) is 12.0 Å². The molecule has 0 saturated carbocycles. The molecule has 0 bridgehead atoms. The Morgan fingerprint density at radius 1 is 1.17 bits per heavy atom. The third-order valence-electron chi connectivity index (χ3n) is 5.35. The number of carbonyl (C=O) groups is 1. The first-order valence-corrected chi connectivity index (χ1v) is 11.3. The van der Waals surface area contributed by atoms with Gasteiger partial charge in [0.1, 0.15) is 5.75 Å². The number of aryl methyl sites for hydroxylation is 2. The molecule has 1 atom stereocenters. The van der Waals surface area contributed by atoms with Gasteiger partial charge in [0.15, 0.2) is 0 Å². The lowest BCUT2D eigenvalue weighted by Gasteiger charge is -2.33. The summed E-state index contributed by atoms with van der Waals surface area (Å²) >= 11 is 0. The van der Waals surface area contributed by atoms with Crippen molar-refractivity contribution in [1.82, 2.24) is 9.62 Å². The summed E-state index contributed by atoms with van der Waals surface area (Å²) in [4.78, 5) is 15.0. The largest absolute Gasteiger partial charge is 0.496 e. The second kappa shape index (κ2) is 8.97. The van der Waals surface area contributed by atoms with Crippen LogP contribution in [0.15, 0.2) is 47.4 Å². The summed E-state index contributed by atoms with van der Waals surface area (Å²) < 4.78 is 33.1. The van der Waals surface area contributed by atoms with Gasteiger partial charge in [0.25, 0.3) is 5.91 Å². The molecule has 2 aromatic rings. The van der Waals surface area contributed by atoms with E-state index in [2.05, 4.69) is 4.72 Å². The molecule has 0 aliphatic carbocycles. The number of hydrogen-bond acceptors (Lipinski definition) is 4. The molecule has 29 heavy (non-hydrogen) atoms. The average Bonchev–Trinajstić information content (AvgIpc) is 2.73. The number of likely N-dealkylation sites (tertiary alicyclic amines) is 1. The van der Waals surface area contributed by atoms with E-state index < -0.39 is 10.0 Å². The molecule has 0 spiro atoms. The Morgan fingerprint density at radius 3 is 2.59 bits per heavy atom. The SMILES string of the molecule is COc1cc(C(=O)N2CCCC(CNS(=O)(=O)c3ccc(C)cc3)C2)ccc1C. The van der Waals surface area contributed by atoms with Crippen LogP contribution in [0.2, 0.25) is 0 Å². The van der Waals surface area contributed by atoms with Crippen molar-refractivity contribution in [3.8, 4) is 5.75 Å². The van der Waals surface area contributed by atoms with Gasteiger partial charge in [-0.2, -0.15) is 0 Å². The number of methoxy groups -OCH3 is 1. The van der Waals surface area contributed by atoms with Crippen molar-refractivity contribution in [2.45, 2.75) is 31.6 Å². The zero-order valence-corrected chi connectivity index (χ0v) is 18.0. The molecule has 1 heterocycles. The highest BCUT2D eigenvalue weighted by Gasteiger charge is 2.26. The van der Waals surface area contributed by atoms with Crippen molar-refractivity contribution in [3.05, 3.63) is 59.2 Å². The molecular weight excluding hydrogens is 388 g/mol. The Balaban J connectivity index is 1.63. The number of hydrogen-bond donors (Lipinski definition) is 1. The predicted octanol–water partition coefficient (Wildman–Crippen LogP) is 3.14. The lowest BCUT2D eigenvalue weighted by molar-refractivity contribution is 0.0676. The number of sulfonamides is 1. The van der Waals surface area contributed by atoms with Crippen LogP contribution < -0.4 is 9.46 Å². The van der Waals surface area contributed by atoms with Crippen molar-refractivity contribution in [1.29, 1.82) is 0 Å². The van der Waals surface area contributed by atoms with Gasteiger partial charge in [-0.3, -0.25) is 4.79 Å². The number of rotatable bonds is 6. The normalized spacial score (nSPS) is 17.2. The van der Waals surface area contributed by atoms with Crippen LogP contribution in [0.5, 0.6) is 5.75 Å². The van der Waals surface area contributed by atoms with Gasteiger partial charge in [0.2, 0.25) is 10.0 Å². The molecular formula is C22H28N2O4S. The Labute approximate surface area is 172 Å². The summed E-state index contributed by atoms with van der Waals surface area (Å²) in [5.41, 5.74) is 2.58. The van der Waals surface area contributed by atoms with Crippen molar-refractivity contribution < 1.29 is 17.9 Å². The van der Waals surface area contributed by atoms with E-state index in [-0.39, 0.29) is 16.7 Å². The van der Waals surface area contributed by atoms with E-state index in [4.69, 9.17) is 4.74 Å². The van der Waals surface area contributed by atoms with Crippen LogP contribution in [0, 0.1) is 19.8 Å². The quantitative estimate of drug-likeness (QED) is 0.785. The molecule has 2 aromatic carbocycles. The van der Waals surface area contributed by atoms with E-state index >= 15 is 0 Å². The highest BCUT2D eigenvalue weighted by atomic mass is 32.2. The van der Waals surface area contributed by atoms with Crippen LogP contribution in [-0.2, 0) is 10.0 Å². The number of nitrogens with one attached hydrogen (secondary N) is 1. The summed E-state index contributed by atoms with van der Waals surface area (Å²) in [6, 6.07) is 12.2. The Morgan fingerprint density at radius 2 is 1.90 bits per heavy atom. The Bertz CT molecular complexity index is 971. The number of carbonyl (C=O) groups excluding carboxylic acids is 1.